The van der Waals surface area contributed by atoms with E-state index in [1.807, 2.05) is 25.1 Å². The number of hydrogen-bond acceptors (Lipinski definition) is 5. The van der Waals surface area contributed by atoms with E-state index in [-0.39, 0.29) is 11.6 Å². The first kappa shape index (κ1) is 12.9. The van der Waals surface area contributed by atoms with Crippen molar-refractivity contribution in [2.24, 2.45) is 0 Å². The van der Waals surface area contributed by atoms with Crippen molar-refractivity contribution < 1.29 is 14.3 Å². The van der Waals surface area contributed by atoms with Gasteiger partial charge in [-0.2, -0.15) is 0 Å². The highest BCUT2D eigenvalue weighted by molar-refractivity contribution is 5.87. The Morgan fingerprint density at radius 2 is 1.95 bits per heavy atom. The van der Waals surface area contributed by atoms with Crippen LogP contribution in [0.3, 0.4) is 0 Å². The summed E-state index contributed by atoms with van der Waals surface area (Å²) in [5.74, 6) is 0.301. The van der Waals surface area contributed by atoms with Gasteiger partial charge in [-0.05, 0) is 30.7 Å². The van der Waals surface area contributed by atoms with Crippen LogP contribution < -0.4 is 10.5 Å². The molecule has 0 saturated heterocycles. The number of aryl methyl sites for hydroxylation is 1. The smallest absolute Gasteiger partial charge is 0.356 e. The fourth-order valence-corrected chi connectivity index (χ4v) is 1.53. The van der Waals surface area contributed by atoms with Crippen molar-refractivity contribution in [3.63, 3.8) is 0 Å². The summed E-state index contributed by atoms with van der Waals surface area (Å²) in [7, 11) is 1.29. The first-order valence-corrected chi connectivity index (χ1v) is 5.70. The lowest BCUT2D eigenvalue weighted by atomic mass is 10.2. The van der Waals surface area contributed by atoms with Gasteiger partial charge in [0, 0.05) is 0 Å². The molecule has 0 aliphatic heterocycles. The summed E-state index contributed by atoms with van der Waals surface area (Å²) < 4.78 is 10.2. The van der Waals surface area contributed by atoms with Crippen LogP contribution in [0, 0.1) is 6.92 Å². The molecule has 0 fully saturated rings. The fraction of sp³-hybridized carbons (Fsp3) is 0.143. The average molecular weight is 258 g/mol. The molecule has 0 atom stereocenters. The van der Waals surface area contributed by atoms with Gasteiger partial charge in [0.05, 0.1) is 12.8 Å². The lowest BCUT2D eigenvalue weighted by Crippen LogP contribution is -2.06. The van der Waals surface area contributed by atoms with Gasteiger partial charge < -0.3 is 15.2 Å². The summed E-state index contributed by atoms with van der Waals surface area (Å²) in [5.41, 5.74) is 7.25. The van der Waals surface area contributed by atoms with Gasteiger partial charge in [0.1, 0.15) is 5.75 Å². The van der Waals surface area contributed by atoms with E-state index in [1.165, 1.54) is 13.2 Å². The standard InChI is InChI=1S/C14H14N2O3/c1-9-5-3-4-6-12(9)19-13-10(15)7-8-11(16-13)14(17)18-2/h3-8H,15H2,1-2H3. The van der Waals surface area contributed by atoms with E-state index in [4.69, 9.17) is 10.5 Å². The maximum atomic E-state index is 11.4. The Hall–Kier alpha value is -2.56. The van der Waals surface area contributed by atoms with E-state index >= 15 is 0 Å². The summed E-state index contributed by atoms with van der Waals surface area (Å²) in [6.45, 7) is 1.91. The minimum absolute atomic E-state index is 0.153. The van der Waals surface area contributed by atoms with Gasteiger partial charge in [0.15, 0.2) is 5.69 Å². The molecule has 1 aromatic carbocycles. The molecule has 0 aliphatic rings. The number of rotatable bonds is 3. The van der Waals surface area contributed by atoms with Crippen LogP contribution >= 0.6 is 0 Å². The molecule has 19 heavy (non-hydrogen) atoms. The molecule has 0 spiro atoms. The molecule has 5 heteroatoms. The van der Waals surface area contributed by atoms with E-state index in [2.05, 4.69) is 9.72 Å². The van der Waals surface area contributed by atoms with Gasteiger partial charge in [0.25, 0.3) is 0 Å². The van der Waals surface area contributed by atoms with E-state index in [1.54, 1.807) is 12.1 Å². The van der Waals surface area contributed by atoms with Gasteiger partial charge in [-0.15, -0.1) is 0 Å². The van der Waals surface area contributed by atoms with E-state index in [0.717, 1.165) is 5.56 Å². The first-order valence-electron chi connectivity index (χ1n) is 5.70. The molecular weight excluding hydrogens is 244 g/mol. The average Bonchev–Trinajstić information content (AvgIpc) is 2.42. The fourth-order valence-electron chi connectivity index (χ4n) is 1.53. The predicted octanol–water partition coefficient (Wildman–Crippen LogP) is 2.55. The normalized spacial score (nSPS) is 10.0. The topological polar surface area (TPSA) is 74.4 Å². The minimum Gasteiger partial charge on any atom is -0.464 e. The summed E-state index contributed by atoms with van der Waals surface area (Å²) >= 11 is 0. The van der Waals surface area contributed by atoms with E-state index in [9.17, 15) is 4.79 Å². The number of nitrogens with two attached hydrogens (primary N) is 1. The Morgan fingerprint density at radius 1 is 1.21 bits per heavy atom. The van der Waals surface area contributed by atoms with Crippen LogP contribution in [0.15, 0.2) is 36.4 Å². The zero-order chi connectivity index (χ0) is 13.8. The molecule has 0 unspecified atom stereocenters. The summed E-state index contributed by atoms with van der Waals surface area (Å²) in [4.78, 5) is 15.5. The number of nitrogen functional groups attached to an aromatic ring is 1. The molecule has 0 bridgehead atoms. The maximum Gasteiger partial charge on any atom is 0.356 e. The van der Waals surface area contributed by atoms with Gasteiger partial charge in [-0.1, -0.05) is 18.2 Å². The Kier molecular flexibility index (Phi) is 3.66. The third kappa shape index (κ3) is 2.82. The van der Waals surface area contributed by atoms with Gasteiger partial charge >= 0.3 is 5.97 Å². The number of methoxy groups -OCH3 is 1. The highest BCUT2D eigenvalue weighted by atomic mass is 16.5. The number of ether oxygens (including phenoxy) is 2. The lowest BCUT2D eigenvalue weighted by Gasteiger charge is -2.10. The Bertz CT molecular complexity index is 611. The number of para-hydroxylation sites is 1. The summed E-state index contributed by atoms with van der Waals surface area (Å²) in [5, 5.41) is 0. The molecular formula is C14H14N2O3. The quantitative estimate of drug-likeness (QED) is 0.856. The molecule has 1 aromatic heterocycles. The van der Waals surface area contributed by atoms with Crippen molar-refractivity contribution in [2.45, 2.75) is 6.92 Å². The SMILES string of the molecule is COC(=O)c1ccc(N)c(Oc2ccccc2C)n1. The number of carbonyl (C=O) groups excluding carboxylic acids is 1. The highest BCUT2D eigenvalue weighted by Gasteiger charge is 2.12. The number of hydrogen-bond donors (Lipinski definition) is 1. The van der Waals surface area contributed by atoms with Crippen LogP contribution in [0.5, 0.6) is 11.6 Å². The zero-order valence-corrected chi connectivity index (χ0v) is 10.7. The van der Waals surface area contributed by atoms with Crippen LogP contribution in [0.1, 0.15) is 16.1 Å². The Balaban J connectivity index is 2.34. The number of pyridine rings is 1. The number of carbonyl (C=O) groups is 1. The molecule has 2 N–H and O–H groups in total. The molecule has 0 aliphatic carbocycles. The van der Waals surface area contributed by atoms with E-state index in [0.29, 0.717) is 11.4 Å². The van der Waals surface area contributed by atoms with Crippen LogP contribution in [-0.2, 0) is 4.74 Å². The molecule has 0 amide bonds. The number of aromatic nitrogens is 1. The van der Waals surface area contributed by atoms with Crippen LogP contribution in [0.2, 0.25) is 0 Å². The summed E-state index contributed by atoms with van der Waals surface area (Å²) in [6.07, 6.45) is 0. The lowest BCUT2D eigenvalue weighted by molar-refractivity contribution is 0.0593. The van der Waals surface area contributed by atoms with E-state index < -0.39 is 5.97 Å². The number of esters is 1. The molecule has 5 nitrogen and oxygen atoms in total. The third-order valence-electron chi connectivity index (χ3n) is 2.58. The van der Waals surface area contributed by atoms with Gasteiger partial charge in [-0.25, -0.2) is 9.78 Å². The second-order valence-electron chi connectivity index (χ2n) is 3.95. The highest BCUT2D eigenvalue weighted by Crippen LogP contribution is 2.27. The number of benzene rings is 1. The molecule has 98 valence electrons. The molecule has 2 aromatic rings. The zero-order valence-electron chi connectivity index (χ0n) is 10.7. The van der Waals surface area contributed by atoms with Crippen LogP contribution in [-0.4, -0.2) is 18.1 Å². The Morgan fingerprint density at radius 3 is 2.63 bits per heavy atom. The van der Waals surface area contributed by atoms with Crippen molar-refractivity contribution in [1.82, 2.24) is 4.98 Å². The minimum atomic E-state index is -0.533. The van der Waals surface area contributed by atoms with Gasteiger partial charge in [-0.3, -0.25) is 0 Å². The van der Waals surface area contributed by atoms with Crippen molar-refractivity contribution >= 4 is 11.7 Å². The second kappa shape index (κ2) is 5.39. The number of nitrogens with zero attached hydrogens (tertiary/aromatic N) is 1. The molecule has 1 heterocycles. The van der Waals surface area contributed by atoms with Crippen molar-refractivity contribution in [2.75, 3.05) is 12.8 Å². The third-order valence-corrected chi connectivity index (χ3v) is 2.58. The summed E-state index contributed by atoms with van der Waals surface area (Å²) in [6, 6.07) is 10.5. The molecule has 0 saturated carbocycles. The monoisotopic (exact) mass is 258 g/mol. The molecule has 2 rings (SSSR count). The molecule has 0 radical (unpaired) electrons. The second-order valence-corrected chi connectivity index (χ2v) is 3.95. The largest absolute Gasteiger partial charge is 0.464 e. The Labute approximate surface area is 111 Å². The van der Waals surface area contributed by atoms with Crippen LogP contribution in [0.4, 0.5) is 5.69 Å². The predicted molar refractivity (Wildman–Crippen MR) is 71.2 cm³/mol. The van der Waals surface area contributed by atoms with Crippen LogP contribution in [0.25, 0.3) is 0 Å². The maximum absolute atomic E-state index is 11.4. The van der Waals surface area contributed by atoms with Gasteiger partial charge in [0.2, 0.25) is 5.88 Å². The van der Waals surface area contributed by atoms with Crippen molar-refractivity contribution in [1.29, 1.82) is 0 Å². The van der Waals surface area contributed by atoms with Crippen molar-refractivity contribution in [3.05, 3.63) is 47.7 Å². The van der Waals surface area contributed by atoms with Crippen molar-refractivity contribution in [3.8, 4) is 11.6 Å². The first-order chi connectivity index (χ1) is 9.11. The number of anilines is 1.